The lowest BCUT2D eigenvalue weighted by atomic mass is 10.3. The number of nitrogens with zero attached hydrogens (tertiary/aromatic N) is 2. The lowest BCUT2D eigenvalue weighted by molar-refractivity contribution is -0.679. The van der Waals surface area contributed by atoms with E-state index < -0.39 is 0 Å². The second-order valence-corrected chi connectivity index (χ2v) is 3.72. The molecule has 0 radical (unpaired) electrons. The lowest BCUT2D eigenvalue weighted by Crippen LogP contribution is -2.34. The van der Waals surface area contributed by atoms with Crippen LogP contribution < -0.4 is 9.88 Å². The van der Waals surface area contributed by atoms with Crippen LogP contribution in [0.5, 0.6) is 0 Å². The number of anilines is 2. The topological polar surface area (TPSA) is 28.8 Å². The Hall–Kier alpha value is -1.90. The van der Waals surface area contributed by atoms with Crippen molar-refractivity contribution >= 4 is 11.6 Å². The fraction of sp³-hybridized carbons (Fsp3) is 0.231. The van der Waals surface area contributed by atoms with Crippen LogP contribution in [0.2, 0.25) is 0 Å². The van der Waals surface area contributed by atoms with Gasteiger partial charge in [0.05, 0.1) is 12.7 Å². The summed E-state index contributed by atoms with van der Waals surface area (Å²) < 4.78 is 2.14. The average Bonchev–Trinajstić information content (AvgIpc) is 2.30. The minimum atomic E-state index is 0.883. The second kappa shape index (κ2) is 4.75. The smallest absolute Gasteiger partial charge is 0.235 e. The molecule has 3 heteroatoms. The van der Waals surface area contributed by atoms with E-state index >= 15 is 0 Å². The van der Waals surface area contributed by atoms with Crippen molar-refractivity contribution in [2.75, 3.05) is 5.32 Å². The Morgan fingerprint density at radius 2 is 2.19 bits per heavy atom. The molecule has 2 aromatic rings. The van der Waals surface area contributed by atoms with Gasteiger partial charge in [0.1, 0.15) is 0 Å². The number of hydrogen-bond donors (Lipinski definition) is 1. The molecule has 3 nitrogen and oxygen atoms in total. The maximum Gasteiger partial charge on any atom is 0.280 e. The van der Waals surface area contributed by atoms with E-state index in [4.69, 9.17) is 0 Å². The molecule has 2 aromatic heterocycles. The molecule has 0 amide bonds. The number of aromatic nitrogens is 2. The summed E-state index contributed by atoms with van der Waals surface area (Å²) in [5.41, 5.74) is 1.21. The summed E-state index contributed by atoms with van der Waals surface area (Å²) in [6.45, 7) is 5.12. The van der Waals surface area contributed by atoms with Crippen molar-refractivity contribution in [1.82, 2.24) is 4.98 Å². The van der Waals surface area contributed by atoms with E-state index in [0.717, 1.165) is 18.2 Å². The highest BCUT2D eigenvalue weighted by molar-refractivity contribution is 5.49. The monoisotopic (exact) mass is 214 g/mol. The molecule has 2 rings (SSSR count). The van der Waals surface area contributed by atoms with Gasteiger partial charge >= 0.3 is 0 Å². The molecule has 0 aliphatic heterocycles. The molecule has 16 heavy (non-hydrogen) atoms. The van der Waals surface area contributed by atoms with Crippen LogP contribution in [-0.2, 0) is 6.54 Å². The number of nitrogens with one attached hydrogen (secondary N) is 1. The predicted octanol–water partition coefficient (Wildman–Crippen LogP) is 2.44. The third kappa shape index (κ3) is 2.37. The molecular formula is C13H16N3+. The molecule has 0 fully saturated rings. The zero-order chi connectivity index (χ0) is 11.4. The summed E-state index contributed by atoms with van der Waals surface area (Å²) in [5, 5.41) is 3.32. The van der Waals surface area contributed by atoms with Crippen LogP contribution >= 0.6 is 0 Å². The molecule has 0 saturated carbocycles. The summed E-state index contributed by atoms with van der Waals surface area (Å²) in [4.78, 5) is 4.29. The third-order valence-corrected chi connectivity index (χ3v) is 2.45. The molecule has 0 atom stereocenters. The van der Waals surface area contributed by atoms with Gasteiger partial charge in [-0.1, -0.05) is 6.07 Å². The van der Waals surface area contributed by atoms with Gasteiger partial charge < -0.3 is 0 Å². The van der Waals surface area contributed by atoms with Gasteiger partial charge in [0.2, 0.25) is 5.82 Å². The first-order valence-electron chi connectivity index (χ1n) is 5.47. The summed E-state index contributed by atoms with van der Waals surface area (Å²) in [6, 6.07) is 10.1. The number of aryl methyl sites for hydroxylation is 2. The van der Waals surface area contributed by atoms with E-state index in [2.05, 4.69) is 34.9 Å². The molecule has 0 aliphatic rings. The Labute approximate surface area is 95.8 Å². The van der Waals surface area contributed by atoms with Crippen molar-refractivity contribution in [3.05, 3.63) is 48.3 Å². The molecule has 2 heterocycles. The van der Waals surface area contributed by atoms with E-state index in [0.29, 0.717) is 0 Å². The molecule has 0 spiro atoms. The van der Waals surface area contributed by atoms with Crippen molar-refractivity contribution in [3.8, 4) is 0 Å². The number of rotatable bonds is 3. The van der Waals surface area contributed by atoms with Crippen molar-refractivity contribution < 1.29 is 4.57 Å². The zero-order valence-corrected chi connectivity index (χ0v) is 9.64. The van der Waals surface area contributed by atoms with Crippen molar-refractivity contribution in [2.45, 2.75) is 20.4 Å². The molecule has 0 aliphatic carbocycles. The van der Waals surface area contributed by atoms with Gasteiger partial charge in [-0.25, -0.2) is 14.9 Å². The van der Waals surface area contributed by atoms with Crippen molar-refractivity contribution in [1.29, 1.82) is 0 Å². The van der Waals surface area contributed by atoms with E-state index in [9.17, 15) is 0 Å². The van der Waals surface area contributed by atoms with E-state index in [-0.39, 0.29) is 0 Å². The lowest BCUT2D eigenvalue weighted by Gasteiger charge is -2.04. The third-order valence-electron chi connectivity index (χ3n) is 2.45. The van der Waals surface area contributed by atoms with Crippen LogP contribution in [-0.4, -0.2) is 4.98 Å². The van der Waals surface area contributed by atoms with Gasteiger partial charge in [-0.2, -0.15) is 0 Å². The largest absolute Gasteiger partial charge is 0.280 e. The van der Waals surface area contributed by atoms with Crippen LogP contribution in [0.25, 0.3) is 0 Å². The van der Waals surface area contributed by atoms with Gasteiger partial charge in [0.15, 0.2) is 0 Å². The fourth-order valence-electron chi connectivity index (χ4n) is 1.60. The average molecular weight is 214 g/mol. The summed E-state index contributed by atoms with van der Waals surface area (Å²) in [5.74, 6) is 1.94. The minimum absolute atomic E-state index is 0.883. The Morgan fingerprint density at radius 1 is 1.31 bits per heavy atom. The number of pyridine rings is 2. The highest BCUT2D eigenvalue weighted by Gasteiger charge is 2.07. The maximum absolute atomic E-state index is 4.29. The predicted molar refractivity (Wildman–Crippen MR) is 64.6 cm³/mol. The number of hydrogen-bond acceptors (Lipinski definition) is 2. The fourth-order valence-corrected chi connectivity index (χ4v) is 1.60. The van der Waals surface area contributed by atoms with Gasteiger partial charge in [-0.15, -0.1) is 0 Å². The Kier molecular flexibility index (Phi) is 3.15. The van der Waals surface area contributed by atoms with Gasteiger partial charge in [0, 0.05) is 18.3 Å². The van der Waals surface area contributed by atoms with Crippen molar-refractivity contribution in [2.24, 2.45) is 0 Å². The van der Waals surface area contributed by atoms with Gasteiger partial charge in [0.25, 0.3) is 5.82 Å². The SMILES string of the molecule is CC[n+]1ccccc1Nc1cc(C)ccn1. The second-order valence-electron chi connectivity index (χ2n) is 3.72. The highest BCUT2D eigenvalue weighted by Crippen LogP contribution is 2.10. The van der Waals surface area contributed by atoms with Crippen LogP contribution in [0.15, 0.2) is 42.7 Å². The normalized spacial score (nSPS) is 10.1. The Bertz CT molecular complexity index is 480. The van der Waals surface area contributed by atoms with E-state index in [1.54, 1.807) is 0 Å². The zero-order valence-electron chi connectivity index (χ0n) is 9.64. The summed E-state index contributed by atoms with van der Waals surface area (Å²) in [7, 11) is 0. The molecular weight excluding hydrogens is 198 g/mol. The summed E-state index contributed by atoms with van der Waals surface area (Å²) in [6.07, 6.45) is 3.87. The standard InChI is InChI=1S/C13H15N3/c1-3-16-9-5-4-6-13(16)15-12-10-11(2)7-8-14-12/h4-10H,3H2,1-2H3/p+1. The Balaban J connectivity index is 2.26. The first-order valence-corrected chi connectivity index (χ1v) is 5.47. The van der Waals surface area contributed by atoms with Crippen LogP contribution in [0.3, 0.4) is 0 Å². The molecule has 0 aromatic carbocycles. The molecule has 82 valence electrons. The van der Waals surface area contributed by atoms with E-state index in [1.165, 1.54) is 5.56 Å². The molecule has 0 saturated heterocycles. The van der Waals surface area contributed by atoms with Gasteiger partial charge in [-0.3, -0.25) is 0 Å². The highest BCUT2D eigenvalue weighted by atomic mass is 15.1. The molecule has 1 N–H and O–H groups in total. The summed E-state index contributed by atoms with van der Waals surface area (Å²) >= 11 is 0. The minimum Gasteiger partial charge on any atom is -0.235 e. The first-order chi connectivity index (χ1) is 7.79. The van der Waals surface area contributed by atoms with Crippen molar-refractivity contribution in [3.63, 3.8) is 0 Å². The van der Waals surface area contributed by atoms with Crippen LogP contribution in [0.1, 0.15) is 12.5 Å². The molecule has 0 bridgehead atoms. The first kappa shape index (κ1) is 10.6. The van der Waals surface area contributed by atoms with Crippen LogP contribution in [0, 0.1) is 6.92 Å². The maximum atomic E-state index is 4.29. The van der Waals surface area contributed by atoms with E-state index in [1.807, 2.05) is 36.5 Å². The Morgan fingerprint density at radius 3 is 2.94 bits per heavy atom. The van der Waals surface area contributed by atoms with Crippen LogP contribution in [0.4, 0.5) is 11.6 Å². The van der Waals surface area contributed by atoms with Gasteiger partial charge in [-0.05, 0) is 31.5 Å². The molecule has 0 unspecified atom stereocenters. The quantitative estimate of drug-likeness (QED) is 0.795.